The minimum atomic E-state index is -0.988. The molecule has 1 aromatic rings. The molecule has 5 rings (SSSR count). The van der Waals surface area contributed by atoms with Crippen molar-refractivity contribution in [2.45, 2.75) is 71.3 Å². The van der Waals surface area contributed by atoms with Crippen molar-refractivity contribution in [3.05, 3.63) is 28.8 Å². The number of benzene rings is 1. The average Bonchev–Trinajstić information content (AvgIpc) is 3.65. The van der Waals surface area contributed by atoms with Crippen LogP contribution in [-0.4, -0.2) is 79.1 Å². The molecule has 4 bridgehead atoms. The predicted octanol–water partition coefficient (Wildman–Crippen LogP) is 2.96. The molecule has 3 atom stereocenters. The lowest BCUT2D eigenvalue weighted by Gasteiger charge is -2.34. The molecule has 4 aliphatic rings. The first-order chi connectivity index (χ1) is 19.1. The Kier molecular flexibility index (Phi) is 7.52. The van der Waals surface area contributed by atoms with Crippen LogP contribution >= 0.6 is 0 Å². The lowest BCUT2D eigenvalue weighted by atomic mass is 9.85. The summed E-state index contributed by atoms with van der Waals surface area (Å²) in [6.45, 7) is 6.32. The maximum absolute atomic E-state index is 13.7. The van der Waals surface area contributed by atoms with Gasteiger partial charge in [-0.2, -0.15) is 0 Å². The number of hydrogen-bond donors (Lipinski definition) is 1. The number of nitrogens with zero attached hydrogens (tertiary/aromatic N) is 2. The third kappa shape index (κ3) is 5.39. The predicted molar refractivity (Wildman–Crippen MR) is 140 cm³/mol. The normalized spacial score (nSPS) is 25.8. The number of cyclic esters (lactones) is 1. The van der Waals surface area contributed by atoms with Gasteiger partial charge in [0.25, 0.3) is 0 Å². The molecule has 0 aromatic heterocycles. The van der Waals surface area contributed by atoms with E-state index in [0.717, 1.165) is 16.7 Å². The van der Waals surface area contributed by atoms with Gasteiger partial charge in [0, 0.05) is 18.5 Å². The molecule has 1 N–H and O–H groups in total. The van der Waals surface area contributed by atoms with Gasteiger partial charge in [-0.1, -0.05) is 32.9 Å². The van der Waals surface area contributed by atoms with Gasteiger partial charge in [-0.15, -0.1) is 0 Å². The largest absolute Gasteiger partial charge is 0.467 e. The summed E-state index contributed by atoms with van der Waals surface area (Å²) < 4.78 is 27.5. The van der Waals surface area contributed by atoms with Crippen molar-refractivity contribution in [2.75, 3.05) is 27.1 Å². The third-order valence-electron chi connectivity index (χ3n) is 7.57. The van der Waals surface area contributed by atoms with Crippen LogP contribution < -0.4 is 14.8 Å². The van der Waals surface area contributed by atoms with E-state index in [0.29, 0.717) is 37.4 Å². The molecule has 4 aliphatic heterocycles. The monoisotopic (exact) mass is 557 g/mol. The first-order valence-corrected chi connectivity index (χ1v) is 13.4. The second-order valence-electron chi connectivity index (χ2n) is 11.4. The van der Waals surface area contributed by atoms with Crippen molar-refractivity contribution in [1.82, 2.24) is 15.1 Å². The van der Waals surface area contributed by atoms with Gasteiger partial charge >= 0.3 is 18.2 Å². The number of nitrogens with one attached hydrogen (secondary N) is 1. The van der Waals surface area contributed by atoms with Crippen LogP contribution in [0.2, 0.25) is 0 Å². The van der Waals surface area contributed by atoms with Crippen LogP contribution in [0.5, 0.6) is 11.5 Å². The maximum atomic E-state index is 13.7. The molecule has 0 saturated carbocycles. The summed E-state index contributed by atoms with van der Waals surface area (Å²) in [7, 11) is 1.24. The van der Waals surface area contributed by atoms with E-state index in [9.17, 15) is 19.2 Å². The Balaban J connectivity index is 1.45. The fraction of sp³-hybridized carbons (Fsp3) is 0.571. The van der Waals surface area contributed by atoms with Crippen molar-refractivity contribution in [1.29, 1.82) is 0 Å². The summed E-state index contributed by atoms with van der Waals surface area (Å²) in [5, 5.41) is 2.68. The Morgan fingerprint density at radius 2 is 1.93 bits per heavy atom. The lowest BCUT2D eigenvalue weighted by molar-refractivity contribution is -0.152. The van der Waals surface area contributed by atoms with Gasteiger partial charge in [0.1, 0.15) is 18.2 Å². The Morgan fingerprint density at radius 3 is 2.67 bits per heavy atom. The highest BCUT2D eigenvalue weighted by Gasteiger charge is 2.47. The van der Waals surface area contributed by atoms with E-state index in [1.54, 1.807) is 4.90 Å². The Hall–Kier alpha value is -3.96. The molecule has 0 radical (unpaired) electrons. The Morgan fingerprint density at radius 1 is 1.12 bits per heavy atom. The number of amides is 3. The molecular formula is C28H35N3O9. The highest BCUT2D eigenvalue weighted by atomic mass is 16.7. The molecule has 1 aromatic carbocycles. The molecule has 12 heteroatoms. The number of rotatable bonds is 1. The number of carbonyl (C=O) groups excluding carboxylic acids is 4. The molecule has 1 saturated heterocycles. The van der Waals surface area contributed by atoms with Crippen LogP contribution in [0, 0.1) is 5.41 Å². The molecule has 4 heterocycles. The molecule has 0 aliphatic carbocycles. The zero-order valence-corrected chi connectivity index (χ0v) is 23.2. The number of fused-ring (bicyclic) bond motifs is 5. The van der Waals surface area contributed by atoms with Crippen molar-refractivity contribution < 1.29 is 42.9 Å². The van der Waals surface area contributed by atoms with Crippen LogP contribution in [0.4, 0.5) is 9.59 Å². The Bertz CT molecular complexity index is 1240. The van der Waals surface area contributed by atoms with E-state index in [1.165, 1.54) is 12.0 Å². The molecule has 40 heavy (non-hydrogen) atoms. The highest BCUT2D eigenvalue weighted by molar-refractivity contribution is 5.91. The molecule has 216 valence electrons. The summed E-state index contributed by atoms with van der Waals surface area (Å²) >= 11 is 0. The van der Waals surface area contributed by atoms with Gasteiger partial charge in [0.05, 0.1) is 26.8 Å². The van der Waals surface area contributed by atoms with E-state index in [1.807, 2.05) is 39.0 Å². The van der Waals surface area contributed by atoms with E-state index < -0.39 is 47.7 Å². The Labute approximate surface area is 232 Å². The van der Waals surface area contributed by atoms with E-state index in [4.69, 9.17) is 23.7 Å². The molecule has 1 unspecified atom stereocenters. The smallest absolute Gasteiger partial charge is 0.410 e. The van der Waals surface area contributed by atoms with Gasteiger partial charge in [0.15, 0.2) is 11.5 Å². The van der Waals surface area contributed by atoms with Crippen LogP contribution in [-0.2, 0) is 36.9 Å². The summed E-state index contributed by atoms with van der Waals surface area (Å²) in [5.74, 6) is 0.150. The topological polar surface area (TPSA) is 133 Å². The summed E-state index contributed by atoms with van der Waals surface area (Å²) in [6, 6.07) is -0.0668. The molecule has 3 amide bonds. The van der Waals surface area contributed by atoms with Gasteiger partial charge in [0.2, 0.25) is 12.7 Å². The fourth-order valence-corrected chi connectivity index (χ4v) is 5.49. The highest BCUT2D eigenvalue weighted by Crippen LogP contribution is 2.43. The second kappa shape index (κ2) is 10.9. The van der Waals surface area contributed by atoms with Crippen LogP contribution in [0.3, 0.4) is 0 Å². The summed E-state index contributed by atoms with van der Waals surface area (Å²) in [4.78, 5) is 55.3. The number of allylic oxidation sites excluding steroid dienone is 1. The van der Waals surface area contributed by atoms with Crippen molar-refractivity contribution in [3.8, 4) is 11.5 Å². The van der Waals surface area contributed by atoms with E-state index in [2.05, 4.69) is 5.32 Å². The standard InChI is InChI=1S/C28H35N3O9/c1-28(2,3)23-24(32)31-13-17(11-20(31)25(33)36-4)40-27(35)30-12-16-10-21-22(39-15-38-21)18(19(16)14-30)8-6-5-7-9-37-26(34)29-23/h6,8,10,17,20,23H,5,7,9,11-15H2,1-4H3,(H,29,34)/b8-6-/t17-,20?,23-/m1/s1. The molecule has 12 nitrogen and oxygen atoms in total. The van der Waals surface area contributed by atoms with E-state index in [-0.39, 0.29) is 26.4 Å². The third-order valence-corrected chi connectivity index (χ3v) is 7.57. The molecular weight excluding hydrogens is 522 g/mol. The van der Waals surface area contributed by atoms with Gasteiger partial charge < -0.3 is 33.9 Å². The first kappa shape index (κ1) is 27.6. The van der Waals surface area contributed by atoms with Crippen LogP contribution in [0.15, 0.2) is 12.1 Å². The van der Waals surface area contributed by atoms with Gasteiger partial charge in [-0.05, 0) is 35.4 Å². The summed E-state index contributed by atoms with van der Waals surface area (Å²) in [5.41, 5.74) is 2.01. The number of carbonyl (C=O) groups is 4. The maximum Gasteiger partial charge on any atom is 0.410 e. The van der Waals surface area contributed by atoms with Crippen LogP contribution in [0.1, 0.15) is 56.7 Å². The number of methoxy groups -OCH3 is 1. The fourth-order valence-electron chi connectivity index (χ4n) is 5.49. The van der Waals surface area contributed by atoms with Crippen LogP contribution in [0.25, 0.3) is 6.08 Å². The number of alkyl carbamates (subject to hydrolysis) is 1. The van der Waals surface area contributed by atoms with Gasteiger partial charge in [-0.25, -0.2) is 14.4 Å². The van der Waals surface area contributed by atoms with E-state index >= 15 is 0 Å². The van der Waals surface area contributed by atoms with Gasteiger partial charge in [-0.3, -0.25) is 9.69 Å². The number of hydrogen-bond acceptors (Lipinski definition) is 9. The average molecular weight is 558 g/mol. The zero-order chi connectivity index (χ0) is 28.6. The number of ether oxygens (including phenoxy) is 5. The zero-order valence-electron chi connectivity index (χ0n) is 23.2. The van der Waals surface area contributed by atoms with Crippen molar-refractivity contribution in [3.63, 3.8) is 0 Å². The van der Waals surface area contributed by atoms with Crippen molar-refractivity contribution in [2.24, 2.45) is 5.41 Å². The minimum Gasteiger partial charge on any atom is -0.467 e. The summed E-state index contributed by atoms with van der Waals surface area (Å²) in [6.07, 6.45) is 3.15. The van der Waals surface area contributed by atoms with Crippen molar-refractivity contribution >= 4 is 30.1 Å². The first-order valence-electron chi connectivity index (χ1n) is 13.4. The second-order valence-corrected chi connectivity index (χ2v) is 11.4. The lowest BCUT2D eigenvalue weighted by Crippen LogP contribution is -2.57. The molecule has 1 fully saturated rings. The SMILES string of the molecule is COC(=O)C1C[C@@H]2CN1C(=O)[C@H](C(C)(C)C)NC(=O)OCCC/C=C\c1c3c(cc4c1OCO4)CN(C3)C(=O)O2. The quantitative estimate of drug-likeness (QED) is 0.409. The molecule has 0 spiro atoms. The number of esters is 1. The minimum absolute atomic E-state index is 0.0155.